The maximum Gasteiger partial charge on any atom is 0.132 e. The molecular formula is C12H13Br2N3S. The summed E-state index contributed by atoms with van der Waals surface area (Å²) >= 11 is 8.66. The Morgan fingerprint density at radius 1 is 1.33 bits per heavy atom. The number of thiophene rings is 1. The van der Waals surface area contributed by atoms with Gasteiger partial charge in [-0.15, -0.1) is 11.3 Å². The minimum Gasteiger partial charge on any atom is -0.365 e. The monoisotopic (exact) mass is 389 g/mol. The molecule has 2 aromatic heterocycles. The van der Waals surface area contributed by atoms with Gasteiger partial charge in [-0.25, -0.2) is 9.97 Å². The van der Waals surface area contributed by atoms with E-state index in [4.69, 9.17) is 0 Å². The number of hydrogen-bond donors (Lipinski definition) is 1. The molecule has 3 nitrogen and oxygen atoms in total. The van der Waals surface area contributed by atoms with Crippen molar-refractivity contribution >= 4 is 49.0 Å². The van der Waals surface area contributed by atoms with Gasteiger partial charge in [0.2, 0.25) is 0 Å². The Hall–Kier alpha value is -0.460. The van der Waals surface area contributed by atoms with Gasteiger partial charge in [-0.2, -0.15) is 0 Å². The van der Waals surface area contributed by atoms with Crippen molar-refractivity contribution in [2.75, 3.05) is 5.32 Å². The molecule has 0 fully saturated rings. The number of nitrogens with one attached hydrogen (secondary N) is 1. The summed E-state index contributed by atoms with van der Waals surface area (Å²) in [6.07, 6.45) is 1.95. The summed E-state index contributed by atoms with van der Waals surface area (Å²) < 4.78 is 1.97. The molecule has 0 aliphatic carbocycles. The zero-order valence-corrected chi connectivity index (χ0v) is 13.9. The van der Waals surface area contributed by atoms with Gasteiger partial charge in [0.05, 0.1) is 6.54 Å². The highest BCUT2D eigenvalue weighted by molar-refractivity contribution is 9.10. The Morgan fingerprint density at radius 2 is 2.17 bits per heavy atom. The van der Waals surface area contributed by atoms with E-state index in [0.717, 1.165) is 40.1 Å². The van der Waals surface area contributed by atoms with E-state index in [-0.39, 0.29) is 0 Å². The first-order valence-corrected chi connectivity index (χ1v) is 8.14. The molecule has 0 radical (unpaired) electrons. The summed E-state index contributed by atoms with van der Waals surface area (Å²) in [5.41, 5.74) is 0. The van der Waals surface area contributed by atoms with Gasteiger partial charge in [0.25, 0.3) is 0 Å². The van der Waals surface area contributed by atoms with Gasteiger partial charge < -0.3 is 5.32 Å². The maximum atomic E-state index is 4.49. The third-order valence-electron chi connectivity index (χ3n) is 2.34. The largest absolute Gasteiger partial charge is 0.365 e. The van der Waals surface area contributed by atoms with E-state index in [2.05, 4.69) is 65.5 Å². The number of rotatable bonds is 5. The minimum absolute atomic E-state index is 0.771. The quantitative estimate of drug-likeness (QED) is 0.756. The Morgan fingerprint density at radius 3 is 2.83 bits per heavy atom. The molecule has 6 heteroatoms. The maximum absolute atomic E-state index is 4.49. The fraction of sp³-hybridized carbons (Fsp3) is 0.333. The van der Waals surface area contributed by atoms with Crippen LogP contribution in [0.5, 0.6) is 0 Å². The molecule has 0 amide bonds. The van der Waals surface area contributed by atoms with Crippen molar-refractivity contribution in [3.8, 4) is 0 Å². The summed E-state index contributed by atoms with van der Waals surface area (Å²) in [6, 6.07) is 3.96. The smallest absolute Gasteiger partial charge is 0.132 e. The standard InChI is InChI=1S/C12H13Br2N3S/c1-2-3-11-16-10(14)6-12(17-11)15-7-9-8(13)4-5-18-9/h4-6H,2-3,7H2,1H3,(H,15,16,17). The Bertz CT molecular complexity index is 528. The summed E-state index contributed by atoms with van der Waals surface area (Å²) in [6.45, 7) is 2.90. The molecule has 0 aliphatic rings. The minimum atomic E-state index is 0.771. The third kappa shape index (κ3) is 3.76. The number of aryl methyl sites for hydroxylation is 1. The second-order valence-electron chi connectivity index (χ2n) is 3.79. The average Bonchev–Trinajstić information content (AvgIpc) is 2.72. The summed E-state index contributed by atoms with van der Waals surface area (Å²) in [5, 5.41) is 5.40. The molecule has 1 N–H and O–H groups in total. The van der Waals surface area contributed by atoms with Crippen LogP contribution in [-0.2, 0) is 13.0 Å². The number of hydrogen-bond acceptors (Lipinski definition) is 4. The van der Waals surface area contributed by atoms with Crippen LogP contribution in [0.25, 0.3) is 0 Å². The summed E-state index contributed by atoms with van der Waals surface area (Å²) in [5.74, 6) is 1.74. The van der Waals surface area contributed by atoms with Gasteiger partial charge in [-0.3, -0.25) is 0 Å². The van der Waals surface area contributed by atoms with Gasteiger partial charge in [-0.1, -0.05) is 6.92 Å². The highest BCUT2D eigenvalue weighted by atomic mass is 79.9. The van der Waals surface area contributed by atoms with Crippen LogP contribution in [0.1, 0.15) is 24.0 Å². The SMILES string of the molecule is CCCc1nc(Br)cc(NCc2sccc2Br)n1. The van der Waals surface area contributed by atoms with Crippen molar-refractivity contribution in [3.05, 3.63) is 37.3 Å². The predicted molar refractivity (Wildman–Crippen MR) is 83.1 cm³/mol. The van der Waals surface area contributed by atoms with Gasteiger partial charge in [0.1, 0.15) is 16.2 Å². The van der Waals surface area contributed by atoms with Crippen molar-refractivity contribution in [1.29, 1.82) is 0 Å². The van der Waals surface area contributed by atoms with Crippen molar-refractivity contribution in [3.63, 3.8) is 0 Å². The second kappa shape index (κ2) is 6.63. The first-order valence-electron chi connectivity index (χ1n) is 5.68. The molecule has 0 aliphatic heterocycles. The highest BCUT2D eigenvalue weighted by Gasteiger charge is 2.04. The van der Waals surface area contributed by atoms with Crippen LogP contribution < -0.4 is 5.32 Å². The van der Waals surface area contributed by atoms with E-state index in [1.807, 2.05) is 6.07 Å². The number of halogens is 2. The molecule has 0 saturated carbocycles. The Labute approximate surface area is 127 Å². The fourth-order valence-corrected chi connectivity index (χ4v) is 3.37. The Balaban J connectivity index is 2.07. The van der Waals surface area contributed by atoms with Crippen LogP contribution in [0, 0.1) is 0 Å². The lowest BCUT2D eigenvalue weighted by Gasteiger charge is -2.07. The molecule has 96 valence electrons. The van der Waals surface area contributed by atoms with Crippen molar-refractivity contribution in [1.82, 2.24) is 9.97 Å². The zero-order chi connectivity index (χ0) is 13.0. The molecule has 0 atom stereocenters. The van der Waals surface area contributed by atoms with Crippen LogP contribution in [0.15, 0.2) is 26.6 Å². The lowest BCUT2D eigenvalue weighted by atomic mass is 10.3. The van der Waals surface area contributed by atoms with Gasteiger partial charge in [0.15, 0.2) is 0 Å². The second-order valence-corrected chi connectivity index (χ2v) is 6.45. The van der Waals surface area contributed by atoms with Crippen molar-refractivity contribution in [2.45, 2.75) is 26.3 Å². The molecule has 0 unspecified atom stereocenters. The fourth-order valence-electron chi connectivity index (χ4n) is 1.51. The average molecular weight is 391 g/mol. The highest BCUT2D eigenvalue weighted by Crippen LogP contribution is 2.23. The zero-order valence-electron chi connectivity index (χ0n) is 9.91. The van der Waals surface area contributed by atoms with Crippen LogP contribution in [0.4, 0.5) is 5.82 Å². The molecule has 0 spiro atoms. The van der Waals surface area contributed by atoms with Gasteiger partial charge in [-0.05, 0) is 49.7 Å². The third-order valence-corrected chi connectivity index (χ3v) is 4.67. The van der Waals surface area contributed by atoms with E-state index < -0.39 is 0 Å². The van der Waals surface area contributed by atoms with Gasteiger partial charge >= 0.3 is 0 Å². The van der Waals surface area contributed by atoms with Crippen LogP contribution in [-0.4, -0.2) is 9.97 Å². The molecule has 2 rings (SSSR count). The molecule has 0 aromatic carbocycles. The lowest BCUT2D eigenvalue weighted by molar-refractivity contribution is 0.828. The van der Waals surface area contributed by atoms with Crippen LogP contribution >= 0.6 is 43.2 Å². The van der Waals surface area contributed by atoms with E-state index >= 15 is 0 Å². The van der Waals surface area contributed by atoms with Crippen molar-refractivity contribution in [2.24, 2.45) is 0 Å². The van der Waals surface area contributed by atoms with Crippen LogP contribution in [0.2, 0.25) is 0 Å². The van der Waals surface area contributed by atoms with E-state index in [9.17, 15) is 0 Å². The first-order chi connectivity index (χ1) is 8.69. The normalized spacial score (nSPS) is 10.6. The Kier molecular flexibility index (Phi) is 5.14. The summed E-state index contributed by atoms with van der Waals surface area (Å²) in [4.78, 5) is 10.1. The molecule has 2 heterocycles. The number of nitrogens with zero attached hydrogens (tertiary/aromatic N) is 2. The number of anilines is 1. The van der Waals surface area contributed by atoms with Crippen LogP contribution in [0.3, 0.4) is 0 Å². The number of aromatic nitrogens is 2. The predicted octanol–water partition coefficient (Wildman–Crippen LogP) is 4.63. The van der Waals surface area contributed by atoms with E-state index in [1.54, 1.807) is 11.3 Å². The molecule has 0 saturated heterocycles. The van der Waals surface area contributed by atoms with E-state index in [1.165, 1.54) is 4.88 Å². The lowest BCUT2D eigenvalue weighted by Crippen LogP contribution is -2.04. The summed E-state index contributed by atoms with van der Waals surface area (Å²) in [7, 11) is 0. The topological polar surface area (TPSA) is 37.8 Å². The van der Waals surface area contributed by atoms with Gasteiger partial charge in [0, 0.05) is 21.8 Å². The molecule has 2 aromatic rings. The van der Waals surface area contributed by atoms with Crippen molar-refractivity contribution < 1.29 is 0 Å². The first kappa shape index (κ1) is 14.0. The van der Waals surface area contributed by atoms with E-state index in [0.29, 0.717) is 0 Å². The molecule has 0 bridgehead atoms. The molecular weight excluding hydrogens is 378 g/mol. The molecule has 18 heavy (non-hydrogen) atoms.